The second-order valence-electron chi connectivity index (χ2n) is 6.50. The van der Waals surface area contributed by atoms with Crippen molar-refractivity contribution in [3.63, 3.8) is 0 Å². The van der Waals surface area contributed by atoms with E-state index in [9.17, 15) is 0 Å². The van der Waals surface area contributed by atoms with E-state index in [1.807, 2.05) is 11.5 Å². The van der Waals surface area contributed by atoms with Gasteiger partial charge < -0.3 is 0 Å². The van der Waals surface area contributed by atoms with Gasteiger partial charge >= 0.3 is 0 Å². The molecule has 0 unspecified atom stereocenters. The van der Waals surface area contributed by atoms with Gasteiger partial charge in [0.2, 0.25) is 5.69 Å². The maximum absolute atomic E-state index is 2.34. The van der Waals surface area contributed by atoms with E-state index in [2.05, 4.69) is 55.2 Å². The topological polar surface area (TPSA) is 3.88 Å². The van der Waals surface area contributed by atoms with Crippen LogP contribution in [0.5, 0.6) is 0 Å². The smallest absolute Gasteiger partial charge is 0.102 e. The lowest BCUT2D eigenvalue weighted by molar-refractivity contribution is -0.520. The van der Waals surface area contributed by atoms with Crippen molar-refractivity contribution < 1.29 is 3.96 Å². The molecule has 0 atom stereocenters. The van der Waals surface area contributed by atoms with Crippen LogP contribution in [0.3, 0.4) is 0 Å². The second-order valence-corrected chi connectivity index (χ2v) is 7.57. The molecule has 0 amide bonds. The molecule has 19 heavy (non-hydrogen) atoms. The molecule has 0 fully saturated rings. The summed E-state index contributed by atoms with van der Waals surface area (Å²) in [5, 5.41) is 0. The molecule has 2 heteroatoms. The Labute approximate surface area is 120 Å². The molecule has 0 bridgehead atoms. The van der Waals surface area contributed by atoms with Crippen molar-refractivity contribution in [3.8, 4) is 5.69 Å². The minimum atomic E-state index is 0.234. The van der Waals surface area contributed by atoms with Gasteiger partial charge in [0.15, 0.2) is 6.20 Å². The highest BCUT2D eigenvalue weighted by atomic mass is 32.1. The molecule has 1 heterocycles. The zero-order chi connectivity index (χ0) is 13.5. The average Bonchev–Trinajstić information content (AvgIpc) is 2.81. The molecule has 2 aromatic rings. The predicted molar refractivity (Wildman–Crippen MR) is 81.2 cm³/mol. The summed E-state index contributed by atoms with van der Waals surface area (Å²) >= 11 is 1.92. The summed E-state index contributed by atoms with van der Waals surface area (Å²) in [6, 6.07) is 9.03. The molecular weight excluding hydrogens is 250 g/mol. The van der Waals surface area contributed by atoms with Crippen LogP contribution in [0, 0.1) is 0 Å². The summed E-state index contributed by atoms with van der Waals surface area (Å²) in [5.74, 6) is 0. The molecule has 0 saturated heterocycles. The number of rotatable bonds is 1. The van der Waals surface area contributed by atoms with Crippen molar-refractivity contribution in [1.29, 1.82) is 0 Å². The highest BCUT2D eigenvalue weighted by Crippen LogP contribution is 2.25. The van der Waals surface area contributed by atoms with Gasteiger partial charge in [-0.3, -0.25) is 0 Å². The minimum absolute atomic E-state index is 0.234. The van der Waals surface area contributed by atoms with E-state index in [0.717, 1.165) is 0 Å². The molecule has 1 aliphatic rings. The van der Waals surface area contributed by atoms with Crippen LogP contribution in [0.25, 0.3) is 5.69 Å². The molecule has 0 spiro atoms. The highest BCUT2D eigenvalue weighted by molar-refractivity contribution is 7.02. The summed E-state index contributed by atoms with van der Waals surface area (Å²) in [6.07, 6.45) is 7.58. The van der Waals surface area contributed by atoms with Crippen LogP contribution < -0.4 is 3.96 Å². The van der Waals surface area contributed by atoms with Crippen LogP contribution in [-0.2, 0) is 18.3 Å². The number of fused-ring (bicyclic) bond motifs is 1. The van der Waals surface area contributed by atoms with Crippen molar-refractivity contribution in [2.24, 2.45) is 0 Å². The molecule has 1 aliphatic carbocycles. The Balaban J connectivity index is 1.92. The first-order valence-electron chi connectivity index (χ1n) is 7.19. The highest BCUT2D eigenvalue weighted by Gasteiger charge is 2.21. The third kappa shape index (κ3) is 2.59. The number of aryl methyl sites for hydroxylation is 2. The van der Waals surface area contributed by atoms with Crippen LogP contribution in [0.4, 0.5) is 0 Å². The van der Waals surface area contributed by atoms with E-state index in [4.69, 9.17) is 0 Å². The van der Waals surface area contributed by atoms with E-state index in [-0.39, 0.29) is 5.41 Å². The van der Waals surface area contributed by atoms with Crippen molar-refractivity contribution in [2.75, 3.05) is 0 Å². The third-order valence-corrected chi connectivity index (χ3v) is 5.13. The maximum atomic E-state index is 2.34. The molecule has 100 valence electrons. The van der Waals surface area contributed by atoms with Gasteiger partial charge in [0, 0.05) is 17.7 Å². The number of hydrogen-bond acceptors (Lipinski definition) is 1. The molecule has 0 aliphatic heterocycles. The summed E-state index contributed by atoms with van der Waals surface area (Å²) < 4.78 is 2.34. The van der Waals surface area contributed by atoms with Crippen LogP contribution in [0.15, 0.2) is 30.5 Å². The number of hydrogen-bond donors (Lipinski definition) is 0. The lowest BCUT2D eigenvalue weighted by Crippen LogP contribution is -2.24. The van der Waals surface area contributed by atoms with Gasteiger partial charge in [-0.15, -0.1) is 3.96 Å². The van der Waals surface area contributed by atoms with Crippen LogP contribution in [0.1, 0.15) is 49.6 Å². The quantitative estimate of drug-likeness (QED) is 0.685. The van der Waals surface area contributed by atoms with Gasteiger partial charge in [-0.2, -0.15) is 0 Å². The predicted octanol–water partition coefficient (Wildman–Crippen LogP) is 4.20. The van der Waals surface area contributed by atoms with Crippen LogP contribution in [0.2, 0.25) is 0 Å². The first-order valence-corrected chi connectivity index (χ1v) is 7.96. The van der Waals surface area contributed by atoms with Gasteiger partial charge in [0.1, 0.15) is 11.5 Å². The lowest BCUT2D eigenvalue weighted by Gasteiger charge is -2.18. The van der Waals surface area contributed by atoms with Crippen molar-refractivity contribution in [1.82, 2.24) is 0 Å². The standard InChI is InChI=1S/C17H22NS/c1-17(2,3)14-8-10-15(11-9-14)18-12-13-6-4-5-7-16(13)19-18/h8-12H,4-7H2,1-3H3/q+1. The molecule has 0 saturated carbocycles. The maximum Gasteiger partial charge on any atom is 0.224 e. The monoisotopic (exact) mass is 272 g/mol. The largest absolute Gasteiger partial charge is 0.224 e. The minimum Gasteiger partial charge on any atom is -0.102 e. The zero-order valence-electron chi connectivity index (χ0n) is 12.1. The third-order valence-electron chi connectivity index (χ3n) is 3.93. The Bertz CT molecular complexity index is 549. The number of aromatic nitrogens is 1. The Kier molecular flexibility index (Phi) is 3.22. The SMILES string of the molecule is CC(C)(C)c1ccc(-[n+]2cc3c(s2)CCCC3)cc1. The van der Waals surface area contributed by atoms with Gasteiger partial charge in [-0.1, -0.05) is 32.9 Å². The zero-order valence-corrected chi connectivity index (χ0v) is 12.9. The molecule has 1 nitrogen and oxygen atoms in total. The summed E-state index contributed by atoms with van der Waals surface area (Å²) in [5.41, 5.74) is 4.50. The number of nitrogens with zero attached hydrogens (tertiary/aromatic N) is 1. The normalized spacial score (nSPS) is 15.3. The summed E-state index contributed by atoms with van der Waals surface area (Å²) in [6.45, 7) is 6.79. The Morgan fingerprint density at radius 2 is 1.68 bits per heavy atom. The molecule has 1 aromatic carbocycles. The number of benzene rings is 1. The van der Waals surface area contributed by atoms with Crippen molar-refractivity contribution >= 4 is 11.5 Å². The van der Waals surface area contributed by atoms with Crippen molar-refractivity contribution in [3.05, 3.63) is 46.5 Å². The Morgan fingerprint density at radius 1 is 1.00 bits per heavy atom. The van der Waals surface area contributed by atoms with Gasteiger partial charge in [0.05, 0.1) is 4.88 Å². The Hall–Kier alpha value is -1.15. The molecular formula is C17H22NS+. The van der Waals surface area contributed by atoms with E-state index in [1.54, 1.807) is 10.4 Å². The second kappa shape index (κ2) is 4.75. The Morgan fingerprint density at radius 3 is 2.32 bits per heavy atom. The van der Waals surface area contributed by atoms with Gasteiger partial charge in [0.25, 0.3) is 0 Å². The van der Waals surface area contributed by atoms with E-state index in [1.165, 1.54) is 36.9 Å². The van der Waals surface area contributed by atoms with Crippen LogP contribution in [-0.4, -0.2) is 0 Å². The van der Waals surface area contributed by atoms with E-state index >= 15 is 0 Å². The fourth-order valence-electron chi connectivity index (χ4n) is 2.66. The first kappa shape index (κ1) is 12.9. The molecule has 0 N–H and O–H groups in total. The fraction of sp³-hybridized carbons (Fsp3) is 0.471. The van der Waals surface area contributed by atoms with Gasteiger partial charge in [-0.05, 0) is 36.7 Å². The molecule has 1 aromatic heterocycles. The van der Waals surface area contributed by atoms with Gasteiger partial charge in [-0.25, -0.2) is 0 Å². The first-order chi connectivity index (χ1) is 9.04. The van der Waals surface area contributed by atoms with Crippen LogP contribution >= 0.6 is 11.5 Å². The molecule has 3 rings (SSSR count). The van der Waals surface area contributed by atoms with Crippen molar-refractivity contribution in [2.45, 2.75) is 51.9 Å². The lowest BCUT2D eigenvalue weighted by atomic mass is 9.87. The van der Waals surface area contributed by atoms with E-state index < -0.39 is 0 Å². The van der Waals surface area contributed by atoms with E-state index in [0.29, 0.717) is 0 Å². The summed E-state index contributed by atoms with van der Waals surface area (Å²) in [4.78, 5) is 1.59. The summed E-state index contributed by atoms with van der Waals surface area (Å²) in [7, 11) is 0. The molecule has 0 radical (unpaired) electrons. The fourth-order valence-corrected chi connectivity index (χ4v) is 3.82. The average molecular weight is 272 g/mol.